The number of halogens is 2. The molecule has 5 aromatic rings. The summed E-state index contributed by atoms with van der Waals surface area (Å²) in [6, 6.07) is 4.99. The Labute approximate surface area is 230 Å². The number of amides is 1. The van der Waals surface area contributed by atoms with Gasteiger partial charge in [0.25, 0.3) is 5.91 Å². The molecule has 1 aromatic carbocycles. The minimum absolute atomic E-state index is 0.0177. The smallest absolute Gasteiger partial charge is 0.303 e. The van der Waals surface area contributed by atoms with E-state index in [0.717, 1.165) is 18.4 Å². The van der Waals surface area contributed by atoms with Crippen LogP contribution in [0.15, 0.2) is 43.1 Å². The van der Waals surface area contributed by atoms with E-state index >= 15 is 0 Å². The highest BCUT2D eigenvalue weighted by atomic mass is 35.5. The largest absolute Gasteiger partial charge is 0.481 e. The van der Waals surface area contributed by atoms with Crippen molar-refractivity contribution in [1.82, 2.24) is 49.9 Å². The normalized spacial score (nSPS) is 13.2. The molecule has 1 aliphatic carbocycles. The zero-order valence-corrected chi connectivity index (χ0v) is 21.7. The van der Waals surface area contributed by atoms with E-state index in [2.05, 4.69) is 37.2 Å². The third-order valence-electron chi connectivity index (χ3n) is 6.64. The Morgan fingerprint density at radius 1 is 1.18 bits per heavy atom. The van der Waals surface area contributed by atoms with Crippen LogP contribution in [0.2, 0.25) is 5.02 Å². The molecule has 1 fully saturated rings. The van der Waals surface area contributed by atoms with Crippen LogP contribution < -0.4 is 5.32 Å². The Morgan fingerprint density at radius 2 is 2.02 bits per heavy atom. The summed E-state index contributed by atoms with van der Waals surface area (Å²) >= 11 is 5.95. The van der Waals surface area contributed by atoms with Gasteiger partial charge in [-0.25, -0.2) is 18.7 Å². The molecule has 2 N–H and O–H groups in total. The molecule has 4 heterocycles. The van der Waals surface area contributed by atoms with Gasteiger partial charge in [-0.1, -0.05) is 22.9 Å². The molecule has 0 bridgehead atoms. The first kappa shape index (κ1) is 25.6. The van der Waals surface area contributed by atoms with Crippen molar-refractivity contribution >= 4 is 29.1 Å². The van der Waals surface area contributed by atoms with Crippen LogP contribution in [0.1, 0.15) is 58.1 Å². The topological polar surface area (TPSA) is 158 Å². The standard InChI is InChI=1S/C25H22ClFN10O3/c26-19-4-5-21(37-13-29-32-34-37)18(23(19)27)8-28-25(40)20-12-36(33-31-20)11-17-10-35-9-16(14-1-2-14)7-15(24(35)30-17)3-6-22(38)39/h4-5,7,9-10,12-14H,1-3,6,8,11H2,(H,28,40)(H,38,39). The first-order valence-corrected chi connectivity index (χ1v) is 12.8. The zero-order chi connectivity index (χ0) is 27.8. The first-order chi connectivity index (χ1) is 19.4. The van der Waals surface area contributed by atoms with E-state index in [1.807, 2.05) is 16.8 Å². The van der Waals surface area contributed by atoms with Crippen molar-refractivity contribution in [2.45, 2.75) is 44.7 Å². The van der Waals surface area contributed by atoms with Crippen molar-refractivity contribution in [1.29, 1.82) is 0 Å². The predicted molar refractivity (Wildman–Crippen MR) is 138 cm³/mol. The second kappa shape index (κ2) is 10.4. The lowest BCUT2D eigenvalue weighted by Crippen LogP contribution is -2.24. The van der Waals surface area contributed by atoms with Crippen molar-refractivity contribution in [3.8, 4) is 5.69 Å². The molecule has 15 heteroatoms. The van der Waals surface area contributed by atoms with Gasteiger partial charge in [0.1, 0.15) is 17.8 Å². The molecule has 1 saturated carbocycles. The van der Waals surface area contributed by atoms with Crippen LogP contribution in [0.4, 0.5) is 4.39 Å². The summed E-state index contributed by atoms with van der Waals surface area (Å²) in [5, 5.41) is 30.6. The molecule has 13 nitrogen and oxygen atoms in total. The number of hydrogen-bond donors (Lipinski definition) is 2. The van der Waals surface area contributed by atoms with Crippen molar-refractivity contribution in [3.05, 3.63) is 82.0 Å². The maximum atomic E-state index is 14.8. The van der Waals surface area contributed by atoms with Crippen molar-refractivity contribution in [3.63, 3.8) is 0 Å². The molecule has 0 saturated heterocycles. The van der Waals surface area contributed by atoms with Gasteiger partial charge in [0.2, 0.25) is 0 Å². The quantitative estimate of drug-likeness (QED) is 0.260. The zero-order valence-electron chi connectivity index (χ0n) is 20.9. The van der Waals surface area contributed by atoms with Gasteiger partial charge in [0.05, 0.1) is 29.1 Å². The summed E-state index contributed by atoms with van der Waals surface area (Å²) in [5.74, 6) is -1.62. The molecule has 0 aliphatic heterocycles. The van der Waals surface area contributed by atoms with E-state index in [-0.39, 0.29) is 35.8 Å². The summed E-state index contributed by atoms with van der Waals surface area (Å²) in [6.07, 6.45) is 9.32. The molecule has 204 valence electrons. The van der Waals surface area contributed by atoms with Gasteiger partial charge in [0, 0.05) is 30.9 Å². The van der Waals surface area contributed by atoms with Gasteiger partial charge < -0.3 is 14.8 Å². The molecule has 0 spiro atoms. The number of aromatic nitrogens is 9. The molecular formula is C25H22ClFN10O3. The maximum Gasteiger partial charge on any atom is 0.303 e. The number of imidazole rings is 1. The van der Waals surface area contributed by atoms with Crippen LogP contribution >= 0.6 is 11.6 Å². The van der Waals surface area contributed by atoms with Crippen LogP contribution in [0.5, 0.6) is 0 Å². The van der Waals surface area contributed by atoms with E-state index in [0.29, 0.717) is 29.4 Å². The number of nitrogens with zero attached hydrogens (tertiary/aromatic N) is 9. The number of aryl methyl sites for hydroxylation is 1. The van der Waals surface area contributed by atoms with E-state index in [4.69, 9.17) is 21.7 Å². The highest BCUT2D eigenvalue weighted by Crippen LogP contribution is 2.40. The SMILES string of the molecule is O=C(O)CCc1cc(C2CC2)cn2cc(Cn3cc(C(=O)NCc4c(-n5cnnn5)ccc(Cl)c4F)nn3)nc12. The van der Waals surface area contributed by atoms with Gasteiger partial charge in [0.15, 0.2) is 5.69 Å². The molecule has 0 atom stereocenters. The Bertz CT molecular complexity index is 1730. The third-order valence-corrected chi connectivity index (χ3v) is 6.94. The fraction of sp³-hybridized carbons (Fsp3) is 0.280. The number of tetrazole rings is 1. The monoisotopic (exact) mass is 564 g/mol. The highest BCUT2D eigenvalue weighted by Gasteiger charge is 2.25. The van der Waals surface area contributed by atoms with E-state index in [9.17, 15) is 14.0 Å². The Kier molecular flexibility index (Phi) is 6.67. The molecule has 0 radical (unpaired) electrons. The summed E-state index contributed by atoms with van der Waals surface area (Å²) in [6.45, 7) is 0.0492. The Morgan fingerprint density at radius 3 is 2.77 bits per heavy atom. The third kappa shape index (κ3) is 5.25. The minimum Gasteiger partial charge on any atom is -0.481 e. The average Bonchev–Trinajstić information content (AvgIpc) is 3.28. The fourth-order valence-electron chi connectivity index (χ4n) is 4.53. The number of carbonyl (C=O) groups excluding carboxylic acids is 1. The number of hydrogen-bond acceptors (Lipinski definition) is 8. The van der Waals surface area contributed by atoms with Crippen LogP contribution in [0.3, 0.4) is 0 Å². The average molecular weight is 565 g/mol. The number of carboxylic acids is 1. The number of nitrogens with one attached hydrogen (secondary N) is 1. The number of pyridine rings is 1. The maximum absolute atomic E-state index is 14.8. The Hall–Kier alpha value is -4.72. The number of rotatable bonds is 10. The van der Waals surface area contributed by atoms with Crippen molar-refractivity contribution in [2.75, 3.05) is 0 Å². The van der Waals surface area contributed by atoms with Crippen LogP contribution in [0, 0.1) is 5.82 Å². The molecule has 6 rings (SSSR count). The Balaban J connectivity index is 1.17. The second-order valence-electron chi connectivity index (χ2n) is 9.53. The second-order valence-corrected chi connectivity index (χ2v) is 9.93. The molecule has 1 amide bonds. The van der Waals surface area contributed by atoms with Crippen molar-refractivity contribution in [2.24, 2.45) is 0 Å². The lowest BCUT2D eigenvalue weighted by molar-refractivity contribution is -0.136. The lowest BCUT2D eigenvalue weighted by atomic mass is 10.1. The number of carbonyl (C=O) groups is 2. The van der Waals surface area contributed by atoms with E-state index < -0.39 is 17.7 Å². The number of aliphatic carboxylic acids is 1. The summed E-state index contributed by atoms with van der Waals surface area (Å²) < 4.78 is 19.5. The molecule has 1 aliphatic rings. The number of carboxylic acid groups (broad SMARTS) is 1. The number of fused-ring (bicyclic) bond motifs is 1. The van der Waals surface area contributed by atoms with E-state index in [1.165, 1.54) is 33.5 Å². The summed E-state index contributed by atoms with van der Waals surface area (Å²) in [4.78, 5) is 28.7. The minimum atomic E-state index is -0.861. The predicted octanol–water partition coefficient (Wildman–Crippen LogP) is 2.57. The molecule has 4 aromatic heterocycles. The molecule has 0 unspecified atom stereocenters. The summed E-state index contributed by atoms with van der Waals surface area (Å²) in [7, 11) is 0. The molecular weight excluding hydrogens is 543 g/mol. The van der Waals surface area contributed by atoms with Gasteiger partial charge in [-0.2, -0.15) is 0 Å². The number of benzene rings is 1. The van der Waals surface area contributed by atoms with Crippen molar-refractivity contribution < 1.29 is 19.1 Å². The summed E-state index contributed by atoms with van der Waals surface area (Å²) in [5.41, 5.74) is 3.90. The van der Waals surface area contributed by atoms with Gasteiger partial charge in [-0.3, -0.25) is 9.59 Å². The lowest BCUT2D eigenvalue weighted by Gasteiger charge is -2.11. The van der Waals surface area contributed by atoms with E-state index in [1.54, 1.807) is 6.07 Å². The fourth-order valence-corrected chi connectivity index (χ4v) is 4.70. The van der Waals surface area contributed by atoms with Crippen LogP contribution in [-0.2, 0) is 24.3 Å². The van der Waals surface area contributed by atoms with Crippen LogP contribution in [-0.4, -0.2) is 61.6 Å². The van der Waals surface area contributed by atoms with Crippen LogP contribution in [0.25, 0.3) is 11.3 Å². The van der Waals surface area contributed by atoms with Gasteiger partial charge >= 0.3 is 5.97 Å². The molecule has 40 heavy (non-hydrogen) atoms. The van der Waals surface area contributed by atoms with Gasteiger partial charge in [-0.15, -0.1) is 10.2 Å². The van der Waals surface area contributed by atoms with Gasteiger partial charge in [-0.05, 0) is 58.9 Å². The highest BCUT2D eigenvalue weighted by molar-refractivity contribution is 6.30. The first-order valence-electron chi connectivity index (χ1n) is 12.5.